The van der Waals surface area contributed by atoms with Crippen LogP contribution in [0.5, 0.6) is 0 Å². The van der Waals surface area contributed by atoms with Gasteiger partial charge in [0.1, 0.15) is 0 Å². The molecule has 1 saturated heterocycles. The smallest absolute Gasteiger partial charge is 0.237 e. The van der Waals surface area contributed by atoms with Gasteiger partial charge in [-0.3, -0.25) is 4.79 Å². The maximum Gasteiger partial charge on any atom is 0.237 e. The second kappa shape index (κ2) is 5.94. The molecule has 1 aliphatic heterocycles. The lowest BCUT2D eigenvalue weighted by atomic mass is 9.84. The highest BCUT2D eigenvalue weighted by atomic mass is 16.3. The van der Waals surface area contributed by atoms with Gasteiger partial charge in [0.25, 0.3) is 0 Å². The zero-order valence-corrected chi connectivity index (χ0v) is 12.4. The van der Waals surface area contributed by atoms with Crippen LogP contribution in [0.3, 0.4) is 0 Å². The molecule has 0 aliphatic carbocycles. The van der Waals surface area contributed by atoms with E-state index in [1.165, 1.54) is 11.1 Å². The van der Waals surface area contributed by atoms with Crippen LogP contribution in [0.15, 0.2) is 24.3 Å². The van der Waals surface area contributed by atoms with Gasteiger partial charge in [-0.15, -0.1) is 0 Å². The summed E-state index contributed by atoms with van der Waals surface area (Å²) < 4.78 is 0. The lowest BCUT2D eigenvalue weighted by molar-refractivity contribution is -0.123. The summed E-state index contributed by atoms with van der Waals surface area (Å²) in [5.41, 5.74) is 2.33. The average Bonchev–Trinajstić information content (AvgIpc) is 2.83. The molecular formula is C16H24N2O2. The predicted molar refractivity (Wildman–Crippen MR) is 79.6 cm³/mol. The molecule has 0 bridgehead atoms. The van der Waals surface area contributed by atoms with E-state index in [0.717, 1.165) is 0 Å². The topological polar surface area (TPSA) is 61.4 Å². The van der Waals surface area contributed by atoms with Gasteiger partial charge in [-0.25, -0.2) is 0 Å². The summed E-state index contributed by atoms with van der Waals surface area (Å²) in [6.45, 7) is 7.39. The largest absolute Gasteiger partial charge is 0.392 e. The first-order chi connectivity index (χ1) is 9.38. The van der Waals surface area contributed by atoms with E-state index in [-0.39, 0.29) is 17.4 Å². The predicted octanol–water partition coefficient (Wildman–Crippen LogP) is 1.11. The fourth-order valence-corrected chi connectivity index (χ4v) is 2.45. The van der Waals surface area contributed by atoms with Crippen molar-refractivity contribution in [2.75, 3.05) is 13.1 Å². The zero-order chi connectivity index (χ0) is 14.8. The Labute approximate surface area is 120 Å². The summed E-state index contributed by atoms with van der Waals surface area (Å²) in [6, 6.07) is 8.14. The van der Waals surface area contributed by atoms with Crippen molar-refractivity contribution in [3.05, 3.63) is 35.4 Å². The first-order valence-electron chi connectivity index (χ1n) is 7.15. The highest BCUT2D eigenvalue weighted by Crippen LogP contribution is 2.22. The fourth-order valence-electron chi connectivity index (χ4n) is 2.45. The molecule has 1 amide bonds. The number of aliphatic hydroxyl groups is 1. The molecule has 3 N–H and O–H groups in total. The summed E-state index contributed by atoms with van der Waals surface area (Å²) in [5.74, 6) is -0.0262. The molecular weight excluding hydrogens is 252 g/mol. The first kappa shape index (κ1) is 15.0. The monoisotopic (exact) mass is 276 g/mol. The maximum atomic E-state index is 12.0. The Bertz CT molecular complexity index is 468. The van der Waals surface area contributed by atoms with Crippen LogP contribution in [0.1, 0.15) is 31.4 Å². The van der Waals surface area contributed by atoms with Crippen molar-refractivity contribution in [2.24, 2.45) is 0 Å². The molecule has 1 aromatic rings. The number of aryl methyl sites for hydroxylation is 1. The summed E-state index contributed by atoms with van der Waals surface area (Å²) in [5, 5.41) is 15.5. The number of rotatable bonds is 4. The first-order valence-corrected chi connectivity index (χ1v) is 7.15. The van der Waals surface area contributed by atoms with E-state index >= 15 is 0 Å². The van der Waals surface area contributed by atoms with E-state index in [9.17, 15) is 9.90 Å². The van der Waals surface area contributed by atoms with Crippen LogP contribution in [0.25, 0.3) is 0 Å². The van der Waals surface area contributed by atoms with Crippen LogP contribution in [0.4, 0.5) is 0 Å². The van der Waals surface area contributed by atoms with E-state index in [2.05, 4.69) is 55.7 Å². The van der Waals surface area contributed by atoms with Crippen molar-refractivity contribution >= 4 is 5.91 Å². The highest BCUT2D eigenvalue weighted by molar-refractivity contribution is 5.82. The SMILES string of the molecule is Cc1ccc(C(C)(C)CNC(=O)C2CC(O)CN2)cc1. The van der Waals surface area contributed by atoms with Crippen LogP contribution in [0, 0.1) is 6.92 Å². The summed E-state index contributed by atoms with van der Waals surface area (Å²) in [6.07, 6.45) is 0.0902. The second-order valence-corrected chi connectivity index (χ2v) is 6.32. The van der Waals surface area contributed by atoms with Gasteiger partial charge >= 0.3 is 0 Å². The van der Waals surface area contributed by atoms with Crippen molar-refractivity contribution in [3.63, 3.8) is 0 Å². The Morgan fingerprint density at radius 3 is 2.60 bits per heavy atom. The van der Waals surface area contributed by atoms with Crippen LogP contribution in [0.2, 0.25) is 0 Å². The Morgan fingerprint density at radius 1 is 1.40 bits per heavy atom. The zero-order valence-electron chi connectivity index (χ0n) is 12.4. The molecule has 2 unspecified atom stereocenters. The van der Waals surface area contributed by atoms with Gasteiger partial charge < -0.3 is 15.7 Å². The quantitative estimate of drug-likeness (QED) is 0.772. The summed E-state index contributed by atoms with van der Waals surface area (Å²) in [7, 11) is 0. The van der Waals surface area contributed by atoms with Gasteiger partial charge in [0.05, 0.1) is 12.1 Å². The number of hydrogen-bond donors (Lipinski definition) is 3. The number of hydrogen-bond acceptors (Lipinski definition) is 3. The van der Waals surface area contributed by atoms with Gasteiger partial charge in [0, 0.05) is 18.5 Å². The Hall–Kier alpha value is -1.39. The van der Waals surface area contributed by atoms with Crippen molar-refractivity contribution < 1.29 is 9.90 Å². The minimum absolute atomic E-state index is 0.0262. The molecule has 0 spiro atoms. The van der Waals surface area contributed by atoms with Crippen molar-refractivity contribution in [1.29, 1.82) is 0 Å². The number of β-amino-alcohol motifs (C(OH)–C–C–N with tert-alkyl or cyclic N) is 1. The van der Waals surface area contributed by atoms with Gasteiger partial charge in [-0.05, 0) is 18.9 Å². The third-order valence-electron chi connectivity index (χ3n) is 3.96. The molecule has 1 heterocycles. The lowest BCUT2D eigenvalue weighted by Gasteiger charge is -2.26. The van der Waals surface area contributed by atoms with Crippen LogP contribution >= 0.6 is 0 Å². The number of amides is 1. The maximum absolute atomic E-state index is 12.0. The molecule has 1 aliphatic rings. The Morgan fingerprint density at radius 2 is 2.05 bits per heavy atom. The van der Waals surface area contributed by atoms with Gasteiger partial charge in [-0.1, -0.05) is 43.7 Å². The molecule has 0 aromatic heterocycles. The summed E-state index contributed by atoms with van der Waals surface area (Å²) >= 11 is 0. The molecule has 1 fully saturated rings. The van der Waals surface area contributed by atoms with E-state index < -0.39 is 6.10 Å². The molecule has 2 atom stereocenters. The molecule has 110 valence electrons. The number of benzene rings is 1. The van der Waals surface area contributed by atoms with Crippen LogP contribution < -0.4 is 10.6 Å². The standard InChI is InChI=1S/C16H24N2O2/c1-11-4-6-12(7-5-11)16(2,3)10-18-15(20)14-8-13(19)9-17-14/h4-7,13-14,17,19H,8-10H2,1-3H3,(H,18,20). The molecule has 1 aromatic carbocycles. The van der Waals surface area contributed by atoms with Crippen LogP contribution in [-0.4, -0.2) is 36.2 Å². The average molecular weight is 276 g/mol. The Balaban J connectivity index is 1.91. The highest BCUT2D eigenvalue weighted by Gasteiger charge is 2.29. The number of carbonyl (C=O) groups is 1. The third-order valence-corrected chi connectivity index (χ3v) is 3.96. The molecule has 4 nitrogen and oxygen atoms in total. The van der Waals surface area contributed by atoms with Crippen molar-refractivity contribution in [2.45, 2.75) is 44.8 Å². The molecule has 20 heavy (non-hydrogen) atoms. The minimum atomic E-state index is -0.407. The fraction of sp³-hybridized carbons (Fsp3) is 0.562. The number of aliphatic hydroxyl groups excluding tert-OH is 1. The van der Waals surface area contributed by atoms with E-state index in [4.69, 9.17) is 0 Å². The van der Waals surface area contributed by atoms with Crippen LogP contribution in [-0.2, 0) is 10.2 Å². The van der Waals surface area contributed by atoms with Crippen molar-refractivity contribution in [3.8, 4) is 0 Å². The van der Waals surface area contributed by atoms with E-state index in [1.807, 2.05) is 0 Å². The summed E-state index contributed by atoms with van der Waals surface area (Å²) in [4.78, 5) is 12.0. The Kier molecular flexibility index (Phi) is 4.45. The van der Waals surface area contributed by atoms with Gasteiger partial charge in [0.15, 0.2) is 0 Å². The van der Waals surface area contributed by atoms with Crippen molar-refractivity contribution in [1.82, 2.24) is 10.6 Å². The minimum Gasteiger partial charge on any atom is -0.392 e. The number of nitrogens with one attached hydrogen (secondary N) is 2. The third kappa shape index (κ3) is 3.58. The normalized spacial score (nSPS) is 22.8. The van der Waals surface area contributed by atoms with Gasteiger partial charge in [0.2, 0.25) is 5.91 Å². The lowest BCUT2D eigenvalue weighted by Crippen LogP contribution is -2.45. The second-order valence-electron chi connectivity index (χ2n) is 6.32. The van der Waals surface area contributed by atoms with E-state index in [1.54, 1.807) is 0 Å². The molecule has 0 radical (unpaired) electrons. The molecule has 4 heteroatoms. The van der Waals surface area contributed by atoms with E-state index in [0.29, 0.717) is 19.5 Å². The molecule has 0 saturated carbocycles. The molecule has 2 rings (SSSR count). The van der Waals surface area contributed by atoms with Gasteiger partial charge in [-0.2, -0.15) is 0 Å². The number of carbonyl (C=O) groups excluding carboxylic acids is 1.